The molecule has 19 heavy (non-hydrogen) atoms. The highest BCUT2D eigenvalue weighted by molar-refractivity contribution is 5.32. The van der Waals surface area contributed by atoms with Crippen molar-refractivity contribution in [1.29, 1.82) is 0 Å². The van der Waals surface area contributed by atoms with Crippen LogP contribution < -0.4 is 0 Å². The Morgan fingerprint density at radius 3 is 2.68 bits per heavy atom. The van der Waals surface area contributed by atoms with Gasteiger partial charge >= 0.3 is 0 Å². The van der Waals surface area contributed by atoms with Crippen molar-refractivity contribution in [2.24, 2.45) is 11.8 Å². The second-order valence-corrected chi connectivity index (χ2v) is 6.89. The molecule has 2 aliphatic carbocycles. The molecule has 1 heterocycles. The Kier molecular flexibility index (Phi) is 3.46. The van der Waals surface area contributed by atoms with Crippen LogP contribution in [0.25, 0.3) is 0 Å². The van der Waals surface area contributed by atoms with Crippen molar-refractivity contribution in [3.05, 3.63) is 23.0 Å². The molecular weight excluding hydrogens is 234 g/mol. The van der Waals surface area contributed by atoms with Crippen LogP contribution in [0.3, 0.4) is 0 Å². The molecule has 0 radical (unpaired) electrons. The van der Waals surface area contributed by atoms with Gasteiger partial charge in [0.25, 0.3) is 0 Å². The first-order chi connectivity index (χ1) is 9.08. The molecule has 106 valence electrons. The maximum Gasteiger partial charge on any atom is 0.0807 e. The quantitative estimate of drug-likeness (QED) is 0.806. The first kappa shape index (κ1) is 13.2. The van der Waals surface area contributed by atoms with Crippen molar-refractivity contribution in [3.63, 3.8) is 0 Å². The summed E-state index contributed by atoms with van der Waals surface area (Å²) < 4.78 is 2.57. The van der Waals surface area contributed by atoms with E-state index < -0.39 is 0 Å². The van der Waals surface area contributed by atoms with E-state index in [-0.39, 0.29) is 6.10 Å². The van der Waals surface area contributed by atoms with E-state index in [2.05, 4.69) is 31.4 Å². The number of aliphatic hydroxyl groups excluding tert-OH is 1. The van der Waals surface area contributed by atoms with Gasteiger partial charge in [-0.3, -0.25) is 0 Å². The van der Waals surface area contributed by atoms with Gasteiger partial charge in [-0.15, -0.1) is 0 Å². The van der Waals surface area contributed by atoms with E-state index in [0.29, 0.717) is 6.04 Å². The van der Waals surface area contributed by atoms with Gasteiger partial charge in [-0.25, -0.2) is 0 Å². The molecule has 4 unspecified atom stereocenters. The van der Waals surface area contributed by atoms with Crippen LogP contribution in [0.2, 0.25) is 0 Å². The summed E-state index contributed by atoms with van der Waals surface area (Å²) in [6.45, 7) is 7.01. The number of aryl methyl sites for hydroxylation is 1. The third-order valence-corrected chi connectivity index (χ3v) is 5.55. The summed E-state index contributed by atoms with van der Waals surface area (Å²) in [6.07, 6.45) is 6.97. The molecule has 2 aliphatic rings. The van der Waals surface area contributed by atoms with E-state index in [1.54, 1.807) is 0 Å². The predicted molar refractivity (Wildman–Crippen MR) is 78.3 cm³/mol. The average molecular weight is 261 g/mol. The number of fused-ring (bicyclic) bond motifs is 1. The van der Waals surface area contributed by atoms with E-state index in [0.717, 1.165) is 31.1 Å². The Morgan fingerprint density at radius 2 is 1.95 bits per heavy atom. The SMILES string of the molecule is Cc1cc2c(n1C1CCC(C)C(C)C1)CCCC2O. The Balaban J connectivity index is 1.93. The minimum atomic E-state index is -0.219. The van der Waals surface area contributed by atoms with Crippen LogP contribution in [0, 0.1) is 18.8 Å². The molecule has 1 aromatic heterocycles. The highest BCUT2D eigenvalue weighted by Crippen LogP contribution is 2.41. The Bertz CT molecular complexity index is 462. The van der Waals surface area contributed by atoms with Gasteiger partial charge in [-0.05, 0) is 63.4 Å². The van der Waals surface area contributed by atoms with E-state index >= 15 is 0 Å². The molecule has 1 aromatic rings. The van der Waals surface area contributed by atoms with Crippen LogP contribution >= 0.6 is 0 Å². The number of nitrogens with zero attached hydrogens (tertiary/aromatic N) is 1. The summed E-state index contributed by atoms with van der Waals surface area (Å²) in [4.78, 5) is 0. The third kappa shape index (κ3) is 2.24. The zero-order chi connectivity index (χ0) is 13.6. The van der Waals surface area contributed by atoms with Crippen molar-refractivity contribution < 1.29 is 5.11 Å². The first-order valence-electron chi connectivity index (χ1n) is 7.96. The lowest BCUT2D eigenvalue weighted by atomic mass is 9.79. The molecule has 2 heteroatoms. The van der Waals surface area contributed by atoms with Gasteiger partial charge in [-0.1, -0.05) is 13.8 Å². The summed E-state index contributed by atoms with van der Waals surface area (Å²) >= 11 is 0. The fourth-order valence-corrected chi connectivity index (χ4v) is 4.16. The summed E-state index contributed by atoms with van der Waals surface area (Å²) in [5.74, 6) is 1.69. The van der Waals surface area contributed by atoms with Crippen LogP contribution in [0.1, 0.15) is 75.0 Å². The lowest BCUT2D eigenvalue weighted by molar-refractivity contribution is 0.153. The molecular formula is C17H27NO. The highest BCUT2D eigenvalue weighted by atomic mass is 16.3. The monoisotopic (exact) mass is 261 g/mol. The standard InChI is InChI=1S/C17H27NO/c1-11-7-8-14(9-12(11)2)18-13(3)10-15-16(18)5-4-6-17(15)19/h10-12,14,17,19H,4-9H2,1-3H3. The molecule has 0 amide bonds. The van der Waals surface area contributed by atoms with E-state index in [9.17, 15) is 5.11 Å². The maximum absolute atomic E-state index is 10.2. The van der Waals surface area contributed by atoms with Crippen LogP contribution in [-0.4, -0.2) is 9.67 Å². The number of aliphatic hydroxyl groups is 1. The maximum atomic E-state index is 10.2. The topological polar surface area (TPSA) is 25.2 Å². The van der Waals surface area contributed by atoms with Gasteiger partial charge in [0.1, 0.15) is 0 Å². The Hall–Kier alpha value is -0.760. The summed E-state index contributed by atoms with van der Waals surface area (Å²) in [5, 5.41) is 10.2. The van der Waals surface area contributed by atoms with E-state index in [1.165, 1.54) is 36.2 Å². The fourth-order valence-electron chi connectivity index (χ4n) is 4.16. The molecule has 1 saturated carbocycles. The minimum absolute atomic E-state index is 0.219. The molecule has 0 bridgehead atoms. The van der Waals surface area contributed by atoms with Crippen LogP contribution in [0.4, 0.5) is 0 Å². The summed E-state index contributed by atoms with van der Waals surface area (Å²) in [6, 6.07) is 2.90. The van der Waals surface area contributed by atoms with Gasteiger partial charge in [0.2, 0.25) is 0 Å². The molecule has 0 spiro atoms. The molecule has 1 fully saturated rings. The van der Waals surface area contributed by atoms with Gasteiger partial charge < -0.3 is 9.67 Å². The number of rotatable bonds is 1. The number of aromatic nitrogens is 1. The predicted octanol–water partition coefficient (Wildman–Crippen LogP) is 4.16. The largest absolute Gasteiger partial charge is 0.388 e. The van der Waals surface area contributed by atoms with Gasteiger partial charge in [0, 0.05) is 23.0 Å². The normalized spacial score (nSPS) is 35.2. The summed E-state index contributed by atoms with van der Waals surface area (Å²) in [7, 11) is 0. The molecule has 0 aromatic carbocycles. The molecule has 2 nitrogen and oxygen atoms in total. The van der Waals surface area contributed by atoms with Crippen molar-refractivity contribution in [2.75, 3.05) is 0 Å². The van der Waals surface area contributed by atoms with Gasteiger partial charge in [-0.2, -0.15) is 0 Å². The summed E-state index contributed by atoms with van der Waals surface area (Å²) in [5.41, 5.74) is 4.01. The van der Waals surface area contributed by atoms with Crippen molar-refractivity contribution in [1.82, 2.24) is 4.57 Å². The van der Waals surface area contributed by atoms with Crippen molar-refractivity contribution in [3.8, 4) is 0 Å². The highest BCUT2D eigenvalue weighted by Gasteiger charge is 2.30. The van der Waals surface area contributed by atoms with E-state index in [4.69, 9.17) is 0 Å². The molecule has 0 saturated heterocycles. The second-order valence-electron chi connectivity index (χ2n) is 6.89. The van der Waals surface area contributed by atoms with Gasteiger partial charge in [0.05, 0.1) is 6.10 Å². The van der Waals surface area contributed by atoms with Crippen molar-refractivity contribution >= 4 is 0 Å². The third-order valence-electron chi connectivity index (χ3n) is 5.55. The zero-order valence-corrected chi connectivity index (χ0v) is 12.5. The van der Waals surface area contributed by atoms with Crippen LogP contribution in [0.5, 0.6) is 0 Å². The van der Waals surface area contributed by atoms with Crippen LogP contribution in [-0.2, 0) is 6.42 Å². The lowest BCUT2D eigenvalue weighted by Gasteiger charge is -2.35. The fraction of sp³-hybridized carbons (Fsp3) is 0.765. The van der Waals surface area contributed by atoms with Crippen LogP contribution in [0.15, 0.2) is 6.07 Å². The molecule has 0 aliphatic heterocycles. The van der Waals surface area contributed by atoms with Gasteiger partial charge in [0.15, 0.2) is 0 Å². The minimum Gasteiger partial charge on any atom is -0.388 e. The number of hydrogen-bond donors (Lipinski definition) is 1. The van der Waals surface area contributed by atoms with E-state index in [1.807, 2.05) is 0 Å². The smallest absolute Gasteiger partial charge is 0.0807 e. The first-order valence-corrected chi connectivity index (χ1v) is 7.96. The Labute approximate surface area is 116 Å². The lowest BCUT2D eigenvalue weighted by Crippen LogP contribution is -2.25. The molecule has 4 atom stereocenters. The van der Waals surface area contributed by atoms with Crippen molar-refractivity contribution in [2.45, 2.75) is 71.4 Å². The zero-order valence-electron chi connectivity index (χ0n) is 12.5. The molecule has 1 N–H and O–H groups in total. The molecule has 3 rings (SSSR count). The Morgan fingerprint density at radius 1 is 1.16 bits per heavy atom. The number of hydrogen-bond acceptors (Lipinski definition) is 1. The average Bonchev–Trinajstić information content (AvgIpc) is 2.71. The second kappa shape index (κ2) is 4.97.